The van der Waals surface area contributed by atoms with E-state index in [2.05, 4.69) is 15.7 Å². The largest absolute Gasteiger partial charge is 0.479 e. The molecule has 1 aromatic heterocycles. The maximum Gasteiger partial charge on any atom is 0.262 e. The molecular formula is C20H18F2N4O3. The number of rotatable bonds is 6. The van der Waals surface area contributed by atoms with Gasteiger partial charge in [0, 0.05) is 42.7 Å². The molecule has 2 aromatic carbocycles. The van der Waals surface area contributed by atoms with Gasteiger partial charge < -0.3 is 15.4 Å². The van der Waals surface area contributed by atoms with Crippen LogP contribution in [0.3, 0.4) is 0 Å². The first-order valence-corrected chi connectivity index (χ1v) is 8.58. The number of amides is 2. The van der Waals surface area contributed by atoms with Crippen LogP contribution in [0.15, 0.2) is 48.7 Å². The van der Waals surface area contributed by atoms with Crippen LogP contribution in [0, 0.1) is 11.6 Å². The van der Waals surface area contributed by atoms with Gasteiger partial charge in [0.15, 0.2) is 0 Å². The van der Waals surface area contributed by atoms with Crippen LogP contribution in [-0.2, 0) is 13.6 Å². The first kappa shape index (κ1) is 20.0. The Kier molecular flexibility index (Phi) is 5.87. The van der Waals surface area contributed by atoms with Gasteiger partial charge in [-0.1, -0.05) is 6.07 Å². The summed E-state index contributed by atoms with van der Waals surface area (Å²) in [6.07, 6.45) is 1.53. The van der Waals surface area contributed by atoms with E-state index in [1.54, 1.807) is 19.2 Å². The van der Waals surface area contributed by atoms with Gasteiger partial charge in [-0.05, 0) is 30.3 Å². The summed E-state index contributed by atoms with van der Waals surface area (Å²) in [5.74, 6) is -2.04. The quantitative estimate of drug-likeness (QED) is 0.666. The Morgan fingerprint density at radius 3 is 2.48 bits per heavy atom. The van der Waals surface area contributed by atoms with Gasteiger partial charge in [0.2, 0.25) is 5.88 Å². The van der Waals surface area contributed by atoms with E-state index in [-0.39, 0.29) is 23.6 Å². The van der Waals surface area contributed by atoms with E-state index in [9.17, 15) is 18.4 Å². The number of anilines is 1. The Balaban J connectivity index is 1.61. The molecule has 0 aliphatic carbocycles. The van der Waals surface area contributed by atoms with Crippen LogP contribution < -0.4 is 15.4 Å². The van der Waals surface area contributed by atoms with Gasteiger partial charge in [-0.3, -0.25) is 14.3 Å². The molecule has 2 N–H and O–H groups in total. The maximum absolute atomic E-state index is 13.6. The van der Waals surface area contributed by atoms with Gasteiger partial charge in [0.1, 0.15) is 17.2 Å². The highest BCUT2D eigenvalue weighted by Gasteiger charge is 2.16. The Hall–Kier alpha value is -3.75. The third kappa shape index (κ3) is 4.75. The molecule has 0 bridgehead atoms. The van der Waals surface area contributed by atoms with Crippen molar-refractivity contribution in [3.05, 3.63) is 77.0 Å². The van der Waals surface area contributed by atoms with E-state index in [1.165, 1.54) is 36.2 Å². The molecule has 9 heteroatoms. The van der Waals surface area contributed by atoms with Crippen LogP contribution in [-0.4, -0.2) is 28.7 Å². The van der Waals surface area contributed by atoms with Gasteiger partial charge >= 0.3 is 0 Å². The third-order valence-corrected chi connectivity index (χ3v) is 4.09. The molecule has 0 radical (unpaired) electrons. The fraction of sp³-hybridized carbons (Fsp3) is 0.150. The molecule has 3 rings (SSSR count). The molecule has 2 amide bonds. The van der Waals surface area contributed by atoms with Crippen molar-refractivity contribution in [2.45, 2.75) is 6.54 Å². The summed E-state index contributed by atoms with van der Waals surface area (Å²) in [7, 11) is 3.09. The monoisotopic (exact) mass is 400 g/mol. The molecule has 0 spiro atoms. The third-order valence-electron chi connectivity index (χ3n) is 4.09. The molecule has 0 aliphatic rings. The zero-order chi connectivity index (χ0) is 21.0. The number of carbonyl (C=O) groups excluding carboxylic acids is 2. The van der Waals surface area contributed by atoms with E-state index in [1.807, 2.05) is 0 Å². The summed E-state index contributed by atoms with van der Waals surface area (Å²) in [5.41, 5.74) is 1.25. The van der Waals surface area contributed by atoms with Crippen LogP contribution in [0.5, 0.6) is 5.88 Å². The lowest BCUT2D eigenvalue weighted by Gasteiger charge is -2.08. The molecular weight excluding hydrogens is 382 g/mol. The second kappa shape index (κ2) is 8.51. The number of benzene rings is 2. The number of methoxy groups -OCH3 is 1. The van der Waals surface area contributed by atoms with Crippen molar-refractivity contribution in [1.82, 2.24) is 15.1 Å². The average molecular weight is 400 g/mol. The number of aryl methyl sites for hydroxylation is 1. The van der Waals surface area contributed by atoms with Crippen LogP contribution in [0.25, 0.3) is 0 Å². The first-order chi connectivity index (χ1) is 13.9. The lowest BCUT2D eigenvalue weighted by molar-refractivity contribution is 0.0950. The lowest BCUT2D eigenvalue weighted by atomic mass is 10.1. The smallest absolute Gasteiger partial charge is 0.262 e. The van der Waals surface area contributed by atoms with Crippen LogP contribution in [0.1, 0.15) is 26.3 Å². The topological polar surface area (TPSA) is 85.2 Å². The minimum atomic E-state index is -0.728. The molecule has 7 nitrogen and oxygen atoms in total. The number of aromatic nitrogens is 2. The Morgan fingerprint density at radius 2 is 1.83 bits per heavy atom. The molecule has 0 saturated carbocycles. The van der Waals surface area contributed by atoms with Crippen molar-refractivity contribution in [2.24, 2.45) is 7.05 Å². The molecule has 150 valence electrons. The number of carbonyl (C=O) groups is 2. The predicted molar refractivity (Wildman–Crippen MR) is 102 cm³/mol. The summed E-state index contributed by atoms with van der Waals surface area (Å²) in [4.78, 5) is 24.6. The Morgan fingerprint density at radius 1 is 1.10 bits per heavy atom. The van der Waals surface area contributed by atoms with Crippen LogP contribution in [0.4, 0.5) is 14.5 Å². The van der Waals surface area contributed by atoms with Gasteiger partial charge in [-0.25, -0.2) is 8.78 Å². The summed E-state index contributed by atoms with van der Waals surface area (Å²) >= 11 is 0. The standard InChI is InChI=1S/C20H18F2N4O3/c1-26-11-16(20(25-26)29-2)19(28)24-15-7-4-12(5-8-15)18(27)23-10-13-3-6-14(21)9-17(13)22/h3-9,11H,10H2,1-2H3,(H,23,27)(H,24,28). The number of halogens is 2. The molecule has 0 fully saturated rings. The number of nitrogens with one attached hydrogen (secondary N) is 2. The highest BCUT2D eigenvalue weighted by atomic mass is 19.1. The average Bonchev–Trinajstić information content (AvgIpc) is 3.08. The van der Waals surface area contributed by atoms with Gasteiger partial charge in [-0.15, -0.1) is 5.10 Å². The Bertz CT molecular complexity index is 1050. The summed E-state index contributed by atoms with van der Waals surface area (Å²) in [6, 6.07) is 9.33. The number of ether oxygens (including phenoxy) is 1. The van der Waals surface area contributed by atoms with Crippen LogP contribution in [0.2, 0.25) is 0 Å². The van der Waals surface area contributed by atoms with Crippen molar-refractivity contribution in [3.63, 3.8) is 0 Å². The first-order valence-electron chi connectivity index (χ1n) is 8.58. The fourth-order valence-electron chi connectivity index (χ4n) is 2.62. The summed E-state index contributed by atoms with van der Waals surface area (Å²) < 4.78 is 33.1. The molecule has 0 aliphatic heterocycles. The van der Waals surface area contributed by atoms with Crippen LogP contribution >= 0.6 is 0 Å². The normalized spacial score (nSPS) is 10.5. The van der Waals surface area contributed by atoms with Crippen molar-refractivity contribution >= 4 is 17.5 Å². The van der Waals surface area contributed by atoms with E-state index in [0.717, 1.165) is 12.1 Å². The molecule has 0 saturated heterocycles. The molecule has 1 heterocycles. The van der Waals surface area contributed by atoms with E-state index < -0.39 is 23.4 Å². The van der Waals surface area contributed by atoms with Gasteiger partial charge in [0.25, 0.3) is 11.8 Å². The highest BCUT2D eigenvalue weighted by Crippen LogP contribution is 2.18. The number of hydrogen-bond donors (Lipinski definition) is 2. The second-order valence-electron chi connectivity index (χ2n) is 6.18. The van der Waals surface area contributed by atoms with E-state index in [4.69, 9.17) is 4.74 Å². The van der Waals surface area contributed by atoms with Crippen molar-refractivity contribution in [3.8, 4) is 5.88 Å². The molecule has 29 heavy (non-hydrogen) atoms. The van der Waals surface area contributed by atoms with Crippen molar-refractivity contribution in [2.75, 3.05) is 12.4 Å². The molecule has 3 aromatic rings. The second-order valence-corrected chi connectivity index (χ2v) is 6.18. The number of nitrogens with zero attached hydrogens (tertiary/aromatic N) is 2. The lowest BCUT2D eigenvalue weighted by Crippen LogP contribution is -2.23. The zero-order valence-corrected chi connectivity index (χ0v) is 15.7. The van der Waals surface area contributed by atoms with E-state index >= 15 is 0 Å². The maximum atomic E-state index is 13.6. The van der Waals surface area contributed by atoms with Crippen molar-refractivity contribution in [1.29, 1.82) is 0 Å². The number of hydrogen-bond acceptors (Lipinski definition) is 4. The SMILES string of the molecule is COc1nn(C)cc1C(=O)Nc1ccc(C(=O)NCc2ccc(F)cc2F)cc1. The predicted octanol–water partition coefficient (Wildman–Crippen LogP) is 2.89. The fourth-order valence-corrected chi connectivity index (χ4v) is 2.62. The van der Waals surface area contributed by atoms with Gasteiger partial charge in [-0.2, -0.15) is 0 Å². The minimum absolute atomic E-state index is 0.0791. The van der Waals surface area contributed by atoms with Gasteiger partial charge in [0.05, 0.1) is 7.11 Å². The summed E-state index contributed by atoms with van der Waals surface area (Å²) in [5, 5.41) is 9.28. The van der Waals surface area contributed by atoms with Crippen molar-refractivity contribution < 1.29 is 23.1 Å². The molecule has 0 atom stereocenters. The molecule has 0 unspecified atom stereocenters. The van der Waals surface area contributed by atoms with E-state index in [0.29, 0.717) is 11.3 Å². The summed E-state index contributed by atoms with van der Waals surface area (Å²) in [6.45, 7) is -0.0791. The zero-order valence-electron chi connectivity index (χ0n) is 15.7. The minimum Gasteiger partial charge on any atom is -0.479 e. The Labute approximate surface area is 165 Å². The highest BCUT2D eigenvalue weighted by molar-refractivity contribution is 6.06.